The molecule has 2 aliphatic carbocycles. The van der Waals surface area contributed by atoms with E-state index in [1.54, 1.807) is 31.0 Å². The zero-order valence-electron chi connectivity index (χ0n) is 21.3. The Morgan fingerprint density at radius 1 is 1.14 bits per heavy atom. The van der Waals surface area contributed by atoms with Crippen molar-refractivity contribution in [1.29, 1.82) is 0 Å². The van der Waals surface area contributed by atoms with Crippen molar-refractivity contribution in [3.8, 4) is 17.1 Å². The first kappa shape index (κ1) is 26.0. The minimum Gasteiger partial charge on any atom is -0.490 e. The Balaban J connectivity index is 1.38. The predicted molar refractivity (Wildman–Crippen MR) is 130 cm³/mol. The molecule has 1 amide bonds. The van der Waals surface area contributed by atoms with E-state index in [-0.39, 0.29) is 38.2 Å². The van der Waals surface area contributed by atoms with Crippen LogP contribution in [0.4, 0.5) is 9.18 Å². The summed E-state index contributed by atoms with van der Waals surface area (Å²) in [5.74, 6) is 0.286. The van der Waals surface area contributed by atoms with Gasteiger partial charge in [0.1, 0.15) is 18.5 Å². The number of aryl methyl sites for hydroxylation is 1. The average Bonchev–Trinajstić information content (AvgIpc) is 3.53. The molecule has 2 aromatic rings. The van der Waals surface area contributed by atoms with Crippen molar-refractivity contribution >= 4 is 12.1 Å². The van der Waals surface area contributed by atoms with E-state index in [1.807, 2.05) is 19.1 Å². The molecule has 4 rings (SSSR count). The molecule has 0 spiro atoms. The van der Waals surface area contributed by atoms with Crippen LogP contribution in [0, 0.1) is 6.92 Å². The molecule has 196 valence electrons. The highest BCUT2D eigenvalue weighted by atomic mass is 19.1. The fraction of sp³-hybridized carbons (Fsp3) is 0.593. The molecule has 0 unspecified atom stereocenters. The number of rotatable bonds is 8. The van der Waals surface area contributed by atoms with Crippen LogP contribution in [-0.2, 0) is 20.9 Å². The first-order valence-corrected chi connectivity index (χ1v) is 12.8. The number of aromatic nitrogens is 1. The summed E-state index contributed by atoms with van der Waals surface area (Å²) in [4.78, 5) is 26.3. The minimum atomic E-state index is -2.01. The van der Waals surface area contributed by atoms with Gasteiger partial charge >= 0.3 is 12.1 Å². The van der Waals surface area contributed by atoms with E-state index >= 15 is 4.39 Å². The largest absolute Gasteiger partial charge is 0.490 e. The van der Waals surface area contributed by atoms with Crippen LogP contribution in [0.15, 0.2) is 28.8 Å². The molecule has 9 heteroatoms. The molecule has 0 saturated heterocycles. The lowest BCUT2D eigenvalue weighted by Crippen LogP contribution is -2.43. The topological polar surface area (TPSA) is 91.1 Å². The van der Waals surface area contributed by atoms with Gasteiger partial charge in [-0.2, -0.15) is 0 Å². The molecule has 2 aliphatic rings. The number of benzene rings is 1. The van der Waals surface area contributed by atoms with Crippen LogP contribution in [0.5, 0.6) is 5.75 Å². The summed E-state index contributed by atoms with van der Waals surface area (Å²) in [7, 11) is 1.78. The lowest BCUT2D eigenvalue weighted by atomic mass is 9.84. The molecule has 2 atom stereocenters. The van der Waals surface area contributed by atoms with E-state index in [9.17, 15) is 9.59 Å². The number of hydrogen-bond donors (Lipinski definition) is 0. The lowest BCUT2D eigenvalue weighted by Gasteiger charge is -2.32. The molecule has 0 aliphatic heterocycles. The number of carbonyl (C=O) groups is 2. The molecular formula is C27H35FN2O6. The maximum Gasteiger partial charge on any atom is 0.410 e. The van der Waals surface area contributed by atoms with E-state index in [0.717, 1.165) is 31.2 Å². The number of ether oxygens (including phenoxy) is 3. The second-order valence-electron chi connectivity index (χ2n) is 9.73. The summed E-state index contributed by atoms with van der Waals surface area (Å²) < 4.78 is 37.1. The monoisotopic (exact) mass is 502 g/mol. The maximum absolute atomic E-state index is 15.1. The second kappa shape index (κ2) is 11.3. The standard InChI is InChI=1S/C27H35FN2O6/c1-4-33-25(31)27(28)15-7-10-22(16-27)35-21-13-11-19(12-14-21)24-23(18(2)29-36-24)17-34-26(32)30(3)20-8-5-6-9-20/h11-14,20,22H,4-10,15-17H2,1-3H3/t22-,27-/m0/s1. The Morgan fingerprint density at radius 2 is 1.86 bits per heavy atom. The number of esters is 1. The summed E-state index contributed by atoms with van der Waals surface area (Å²) >= 11 is 0. The third kappa shape index (κ3) is 5.82. The van der Waals surface area contributed by atoms with Crippen molar-refractivity contribution in [3.63, 3.8) is 0 Å². The lowest BCUT2D eigenvalue weighted by molar-refractivity contribution is -0.161. The van der Waals surface area contributed by atoms with Crippen LogP contribution in [0.1, 0.15) is 69.5 Å². The fourth-order valence-electron chi connectivity index (χ4n) is 5.06. The molecule has 0 bridgehead atoms. The van der Waals surface area contributed by atoms with Crippen molar-refractivity contribution < 1.29 is 32.7 Å². The Bertz CT molecular complexity index is 1050. The van der Waals surface area contributed by atoms with Crippen LogP contribution in [-0.4, -0.2) is 53.6 Å². The summed E-state index contributed by atoms with van der Waals surface area (Å²) in [5, 5.41) is 4.06. The van der Waals surface area contributed by atoms with Gasteiger partial charge in [-0.05, 0) is 70.2 Å². The van der Waals surface area contributed by atoms with Crippen LogP contribution in [0.2, 0.25) is 0 Å². The summed E-state index contributed by atoms with van der Waals surface area (Å²) in [5.41, 5.74) is 0.116. The zero-order valence-corrected chi connectivity index (χ0v) is 21.3. The van der Waals surface area contributed by atoms with E-state index in [0.29, 0.717) is 35.6 Å². The van der Waals surface area contributed by atoms with Gasteiger partial charge in [-0.25, -0.2) is 14.0 Å². The third-order valence-electron chi connectivity index (χ3n) is 7.20. The second-order valence-corrected chi connectivity index (χ2v) is 9.73. The number of alkyl halides is 1. The van der Waals surface area contributed by atoms with Gasteiger partial charge in [-0.1, -0.05) is 18.0 Å². The van der Waals surface area contributed by atoms with Gasteiger partial charge in [-0.3, -0.25) is 0 Å². The Kier molecular flexibility index (Phi) is 8.16. The van der Waals surface area contributed by atoms with E-state index in [2.05, 4.69) is 5.16 Å². The Hall–Kier alpha value is -3.10. The van der Waals surface area contributed by atoms with Crippen molar-refractivity contribution in [2.75, 3.05) is 13.7 Å². The molecule has 2 fully saturated rings. The summed E-state index contributed by atoms with van der Waals surface area (Å²) in [6, 6.07) is 7.42. The highest BCUT2D eigenvalue weighted by Gasteiger charge is 2.45. The van der Waals surface area contributed by atoms with Crippen molar-refractivity contribution in [2.45, 2.75) is 89.6 Å². The van der Waals surface area contributed by atoms with E-state index < -0.39 is 17.7 Å². The molecule has 1 aromatic heterocycles. The maximum atomic E-state index is 15.1. The first-order valence-electron chi connectivity index (χ1n) is 12.8. The molecular weight excluding hydrogens is 467 g/mol. The van der Waals surface area contributed by atoms with E-state index in [1.165, 1.54) is 0 Å². The number of carbonyl (C=O) groups excluding carboxylic acids is 2. The first-order chi connectivity index (χ1) is 17.3. The van der Waals surface area contributed by atoms with Gasteiger partial charge in [-0.15, -0.1) is 0 Å². The summed E-state index contributed by atoms with van der Waals surface area (Å²) in [6.07, 6.45) is 4.86. The molecule has 1 aromatic carbocycles. The van der Waals surface area contributed by atoms with E-state index in [4.69, 9.17) is 18.7 Å². The molecule has 36 heavy (non-hydrogen) atoms. The summed E-state index contributed by atoms with van der Waals surface area (Å²) in [6.45, 7) is 3.69. The van der Waals surface area contributed by atoms with Gasteiger partial charge in [0, 0.05) is 25.1 Å². The van der Waals surface area contributed by atoms with Crippen LogP contribution in [0.25, 0.3) is 11.3 Å². The molecule has 0 N–H and O–H groups in total. The average molecular weight is 503 g/mol. The zero-order chi connectivity index (χ0) is 25.7. The predicted octanol–water partition coefficient (Wildman–Crippen LogP) is 5.75. The van der Waals surface area contributed by atoms with Crippen molar-refractivity contribution in [3.05, 3.63) is 35.5 Å². The van der Waals surface area contributed by atoms with Gasteiger partial charge in [0.05, 0.1) is 17.9 Å². The number of nitrogens with zero attached hydrogens (tertiary/aromatic N) is 2. The quantitative estimate of drug-likeness (QED) is 0.424. The van der Waals surface area contributed by atoms with Crippen LogP contribution in [0.3, 0.4) is 0 Å². The number of hydrogen-bond acceptors (Lipinski definition) is 7. The van der Waals surface area contributed by atoms with Crippen molar-refractivity contribution in [2.24, 2.45) is 0 Å². The SMILES string of the molecule is CCOC(=O)[C@]1(F)CCC[C@H](Oc2ccc(-c3onc(C)c3COC(=O)N(C)C3CCCC3)cc2)C1. The molecule has 2 saturated carbocycles. The van der Waals surface area contributed by atoms with Gasteiger partial charge in [0.25, 0.3) is 0 Å². The fourth-order valence-corrected chi connectivity index (χ4v) is 5.06. The molecule has 8 nitrogen and oxygen atoms in total. The highest BCUT2D eigenvalue weighted by Crippen LogP contribution is 2.36. The van der Waals surface area contributed by atoms with Crippen molar-refractivity contribution in [1.82, 2.24) is 10.1 Å². The normalized spacial score (nSPS) is 22.3. The van der Waals surface area contributed by atoms with Crippen LogP contribution >= 0.6 is 0 Å². The number of amides is 1. The smallest absolute Gasteiger partial charge is 0.410 e. The number of halogens is 1. The van der Waals surface area contributed by atoms with Gasteiger partial charge in [0.15, 0.2) is 5.76 Å². The molecule has 0 radical (unpaired) electrons. The highest BCUT2D eigenvalue weighted by molar-refractivity contribution is 5.79. The Labute approximate surface area is 211 Å². The van der Waals surface area contributed by atoms with Gasteiger partial charge in [0.2, 0.25) is 5.67 Å². The van der Waals surface area contributed by atoms with Crippen LogP contribution < -0.4 is 4.74 Å². The minimum absolute atomic E-state index is 0.0281. The van der Waals surface area contributed by atoms with Gasteiger partial charge < -0.3 is 23.6 Å². The third-order valence-corrected chi connectivity index (χ3v) is 7.20. The molecule has 1 heterocycles. The Morgan fingerprint density at radius 3 is 2.56 bits per heavy atom.